The van der Waals surface area contributed by atoms with Crippen molar-refractivity contribution in [3.8, 4) is 0 Å². The molecule has 0 bridgehead atoms. The molecule has 0 fully saturated rings. The minimum Gasteiger partial charge on any atom is -0.317 e. The predicted octanol–water partition coefficient (Wildman–Crippen LogP) is 5.37. The van der Waals surface area contributed by atoms with Crippen molar-refractivity contribution in [3.05, 3.63) is 90.5 Å². The summed E-state index contributed by atoms with van der Waals surface area (Å²) in [4.78, 5) is 23.0. The van der Waals surface area contributed by atoms with Crippen LogP contribution in [0.15, 0.2) is 99.6 Å². The molecule has 0 saturated heterocycles. The lowest BCUT2D eigenvalue weighted by molar-refractivity contribution is 0.395. The van der Waals surface area contributed by atoms with Crippen LogP contribution in [0.1, 0.15) is 5.56 Å². The van der Waals surface area contributed by atoms with Gasteiger partial charge in [-0.05, 0) is 43.3 Å². The fourth-order valence-electron chi connectivity index (χ4n) is 2.79. The monoisotopic (exact) mass is 358 g/mol. The molecule has 0 amide bonds. The second kappa shape index (κ2) is 6.58. The first-order chi connectivity index (χ1) is 11.5. The van der Waals surface area contributed by atoms with Crippen LogP contribution in [-0.2, 0) is 4.57 Å². The van der Waals surface area contributed by atoms with Crippen LogP contribution in [0.4, 0.5) is 0 Å². The van der Waals surface area contributed by atoms with Crippen LogP contribution in [0.5, 0.6) is 0 Å². The van der Waals surface area contributed by atoms with Gasteiger partial charge in [0.05, 0.1) is 0 Å². The molecular weight excluding hydrogens is 339 g/mol. The molecule has 0 radical (unpaired) electrons. The van der Waals surface area contributed by atoms with Crippen molar-refractivity contribution < 1.29 is 14.4 Å². The average Bonchev–Trinajstić information content (AvgIpc) is 2.58. The second-order valence-corrected chi connectivity index (χ2v) is 12.1. The van der Waals surface area contributed by atoms with Gasteiger partial charge in [-0.2, -0.15) is 0 Å². The summed E-state index contributed by atoms with van der Waals surface area (Å²) >= 11 is 0. The highest BCUT2D eigenvalue weighted by Gasteiger charge is 2.46. The summed E-state index contributed by atoms with van der Waals surface area (Å²) in [6.45, 7) is -2.54. The van der Waals surface area contributed by atoms with Gasteiger partial charge in [0, 0.05) is 14.7 Å². The first-order valence-corrected chi connectivity index (χ1v) is 11.4. The summed E-state index contributed by atoms with van der Waals surface area (Å²) in [6.07, 6.45) is 0. The van der Waals surface area contributed by atoms with Gasteiger partial charge in [0.15, 0.2) is 0 Å². The lowest BCUT2D eigenvalue weighted by Gasteiger charge is -2.41. The Labute approximate surface area is 143 Å². The molecule has 3 aromatic carbocycles. The largest absolute Gasteiger partial charge is 0.378 e. The van der Waals surface area contributed by atoms with Gasteiger partial charge < -0.3 is 9.79 Å². The van der Waals surface area contributed by atoms with Gasteiger partial charge in [0.25, 0.3) is 0 Å². The molecule has 0 atom stereocenters. The van der Waals surface area contributed by atoms with Crippen LogP contribution in [0.3, 0.4) is 0 Å². The van der Waals surface area contributed by atoms with E-state index in [-0.39, 0.29) is 0 Å². The molecule has 3 nitrogen and oxygen atoms in total. The van der Waals surface area contributed by atoms with E-state index in [2.05, 4.69) is 0 Å². The zero-order valence-corrected chi connectivity index (χ0v) is 15.0. The first kappa shape index (κ1) is 17.0. The van der Waals surface area contributed by atoms with Crippen LogP contribution >= 0.6 is 16.4 Å². The third-order valence-electron chi connectivity index (χ3n) is 3.89. The Morgan fingerprint density at radius 3 is 1.42 bits per heavy atom. The topological polar surface area (TPSA) is 57.5 Å². The number of benzene rings is 3. The van der Waals surface area contributed by atoms with Gasteiger partial charge >= 0.3 is 6.80 Å². The maximum absolute atomic E-state index is 12.9. The minimum absolute atomic E-state index is 0.661. The maximum Gasteiger partial charge on any atom is 0.378 e. The van der Waals surface area contributed by atoms with E-state index in [9.17, 15) is 14.4 Å². The molecular formula is C19H19O3PS. The van der Waals surface area contributed by atoms with E-state index in [1.54, 1.807) is 24.3 Å². The molecule has 3 rings (SSSR count). The normalized spacial score (nSPS) is 12.8. The number of hydrogen-bond acceptors (Lipinski definition) is 1. The number of rotatable bonds is 4. The van der Waals surface area contributed by atoms with Crippen molar-refractivity contribution in [1.29, 1.82) is 0 Å². The quantitative estimate of drug-likeness (QED) is 0.617. The molecule has 0 saturated carbocycles. The van der Waals surface area contributed by atoms with Gasteiger partial charge in [-0.25, -0.2) is 4.57 Å². The molecule has 0 unspecified atom stereocenters. The third-order valence-corrected chi connectivity index (χ3v) is 11.5. The van der Waals surface area contributed by atoms with E-state index >= 15 is 0 Å². The fourth-order valence-corrected chi connectivity index (χ4v) is 9.63. The average molecular weight is 358 g/mol. The molecule has 0 aliphatic rings. The van der Waals surface area contributed by atoms with E-state index in [0.717, 1.165) is 5.56 Å². The molecule has 2 N–H and O–H groups in total. The van der Waals surface area contributed by atoms with Crippen LogP contribution in [0, 0.1) is 6.92 Å². The zero-order valence-electron chi connectivity index (χ0n) is 13.2. The number of aryl methyl sites for hydroxylation is 1. The molecule has 3 aromatic rings. The second-order valence-electron chi connectivity index (χ2n) is 5.51. The molecule has 0 spiro atoms. The Morgan fingerprint density at radius 1 is 0.667 bits per heavy atom. The molecule has 0 aliphatic carbocycles. The van der Waals surface area contributed by atoms with E-state index in [1.165, 1.54) is 0 Å². The summed E-state index contributed by atoms with van der Waals surface area (Å²) in [6, 6.07) is 25.7. The van der Waals surface area contributed by atoms with Crippen molar-refractivity contribution >= 4 is 16.4 Å². The van der Waals surface area contributed by atoms with E-state index < -0.39 is 16.4 Å². The SMILES string of the molecule is Cc1ccc(S(c2ccccc2)(c2ccccc2)P(=O)(O)O)cc1. The first-order valence-electron chi connectivity index (χ1n) is 7.52. The highest BCUT2D eigenvalue weighted by molar-refractivity contribution is 8.76. The van der Waals surface area contributed by atoms with Crippen LogP contribution in [0.2, 0.25) is 0 Å². The van der Waals surface area contributed by atoms with E-state index in [4.69, 9.17) is 0 Å². The van der Waals surface area contributed by atoms with Crippen molar-refractivity contribution in [2.75, 3.05) is 0 Å². The van der Waals surface area contributed by atoms with E-state index in [1.807, 2.05) is 67.6 Å². The van der Waals surface area contributed by atoms with Crippen molar-refractivity contribution in [3.63, 3.8) is 0 Å². The zero-order chi connectivity index (χ0) is 17.2. The smallest absolute Gasteiger partial charge is 0.317 e. The third kappa shape index (κ3) is 2.83. The molecule has 124 valence electrons. The van der Waals surface area contributed by atoms with Crippen LogP contribution in [0.25, 0.3) is 0 Å². The summed E-state index contributed by atoms with van der Waals surface area (Å²) < 4.78 is 12.9. The Morgan fingerprint density at radius 2 is 1.04 bits per heavy atom. The summed E-state index contributed by atoms with van der Waals surface area (Å²) in [5.41, 5.74) is 1.05. The Bertz CT molecular complexity index is 819. The van der Waals surface area contributed by atoms with Gasteiger partial charge in [-0.1, -0.05) is 63.7 Å². The molecule has 0 heterocycles. The predicted molar refractivity (Wildman–Crippen MR) is 98.5 cm³/mol. The lowest BCUT2D eigenvalue weighted by atomic mass is 10.2. The highest BCUT2D eigenvalue weighted by Crippen LogP contribution is 2.88. The van der Waals surface area contributed by atoms with Gasteiger partial charge in [-0.15, -0.1) is 0 Å². The summed E-state index contributed by atoms with van der Waals surface area (Å²) in [7, 11) is -2.70. The summed E-state index contributed by atoms with van der Waals surface area (Å²) in [5.74, 6) is 0. The molecule has 5 heteroatoms. The number of hydrogen-bond donors (Lipinski definition) is 2. The van der Waals surface area contributed by atoms with Gasteiger partial charge in [0.2, 0.25) is 0 Å². The van der Waals surface area contributed by atoms with Crippen LogP contribution in [-0.4, -0.2) is 9.79 Å². The Balaban J connectivity index is 2.42. The molecule has 0 aliphatic heterocycles. The van der Waals surface area contributed by atoms with Gasteiger partial charge in [0.1, 0.15) is 0 Å². The van der Waals surface area contributed by atoms with Gasteiger partial charge in [-0.3, -0.25) is 0 Å². The molecule has 24 heavy (non-hydrogen) atoms. The van der Waals surface area contributed by atoms with Crippen molar-refractivity contribution in [2.24, 2.45) is 0 Å². The highest BCUT2D eigenvalue weighted by atomic mass is 32.8. The van der Waals surface area contributed by atoms with Crippen molar-refractivity contribution in [1.82, 2.24) is 0 Å². The van der Waals surface area contributed by atoms with Crippen LogP contribution < -0.4 is 0 Å². The van der Waals surface area contributed by atoms with Crippen molar-refractivity contribution in [2.45, 2.75) is 21.6 Å². The fraction of sp³-hybridized carbons (Fsp3) is 0.0526. The molecule has 0 aromatic heterocycles. The Hall–Kier alpha value is -1.84. The maximum atomic E-state index is 12.9. The van der Waals surface area contributed by atoms with E-state index in [0.29, 0.717) is 14.7 Å². The lowest BCUT2D eigenvalue weighted by Crippen LogP contribution is -2.04. The summed E-state index contributed by atoms with van der Waals surface area (Å²) in [5, 5.41) is 0. The Kier molecular flexibility index (Phi) is 4.66. The minimum atomic E-state index is -4.50. The standard InChI is InChI=1S/C19H19O3PS/c1-16-12-14-19(15-13-16)24(23(20,21)22,17-8-4-2-5-9-17)18-10-6-3-7-11-18/h2-15H,1H3,(H2,20,21,22).